The second kappa shape index (κ2) is 7.63. The van der Waals surface area contributed by atoms with Crippen molar-refractivity contribution in [3.05, 3.63) is 68.9 Å². The van der Waals surface area contributed by atoms with E-state index in [0.29, 0.717) is 39.7 Å². The molecule has 148 valence electrons. The number of hydrogen-bond acceptors (Lipinski definition) is 6. The number of carbonyl (C=O) groups is 2. The van der Waals surface area contributed by atoms with E-state index in [1.54, 1.807) is 31.2 Å². The first kappa shape index (κ1) is 19.1. The monoisotopic (exact) mass is 412 g/mol. The van der Waals surface area contributed by atoms with E-state index in [4.69, 9.17) is 9.47 Å². The van der Waals surface area contributed by atoms with E-state index >= 15 is 0 Å². The third-order valence-corrected chi connectivity index (χ3v) is 5.61. The van der Waals surface area contributed by atoms with Gasteiger partial charge in [0.1, 0.15) is 10.7 Å². The van der Waals surface area contributed by atoms with E-state index in [1.807, 2.05) is 0 Å². The molecule has 4 rings (SSSR count). The van der Waals surface area contributed by atoms with Gasteiger partial charge in [0.25, 0.3) is 5.91 Å². The summed E-state index contributed by atoms with van der Waals surface area (Å²) in [6, 6.07) is 9.33. The van der Waals surface area contributed by atoms with Gasteiger partial charge in [-0.15, -0.1) is 11.3 Å². The molecular formula is C21H17FN2O4S. The highest BCUT2D eigenvalue weighted by molar-refractivity contribution is 7.14. The highest BCUT2D eigenvalue weighted by atomic mass is 32.1. The molecule has 0 bridgehead atoms. The third kappa shape index (κ3) is 3.97. The van der Waals surface area contributed by atoms with Crippen LogP contribution in [-0.2, 0) is 6.42 Å². The lowest BCUT2D eigenvalue weighted by atomic mass is 10.1. The van der Waals surface area contributed by atoms with Crippen molar-refractivity contribution in [2.24, 2.45) is 0 Å². The van der Waals surface area contributed by atoms with Gasteiger partial charge < -0.3 is 14.8 Å². The summed E-state index contributed by atoms with van der Waals surface area (Å²) in [4.78, 5) is 29.8. The lowest BCUT2D eigenvalue weighted by Crippen LogP contribution is -2.14. The number of anilines is 1. The predicted molar refractivity (Wildman–Crippen MR) is 107 cm³/mol. The molecule has 0 unspecified atom stereocenters. The number of Topliss-reactive ketones (excluding diaryl/α,β-unsaturated/α-hetero) is 1. The molecule has 1 aliphatic heterocycles. The smallest absolute Gasteiger partial charge is 0.267 e. The Bertz CT molecular complexity index is 1110. The van der Waals surface area contributed by atoms with Crippen molar-refractivity contribution in [2.45, 2.75) is 20.3 Å². The molecule has 0 spiro atoms. The summed E-state index contributed by atoms with van der Waals surface area (Å²) < 4.78 is 23.7. The Hall–Kier alpha value is -3.26. The minimum atomic E-state index is -0.355. The summed E-state index contributed by atoms with van der Waals surface area (Å²) in [7, 11) is 0. The molecule has 1 amide bonds. The maximum atomic E-state index is 13.1. The van der Waals surface area contributed by atoms with Crippen LogP contribution in [0.3, 0.4) is 0 Å². The number of halogens is 1. The van der Waals surface area contributed by atoms with E-state index in [-0.39, 0.29) is 24.3 Å². The molecule has 0 fully saturated rings. The molecular weight excluding hydrogens is 395 g/mol. The van der Waals surface area contributed by atoms with Crippen LogP contribution in [-0.4, -0.2) is 23.5 Å². The van der Waals surface area contributed by atoms with Crippen molar-refractivity contribution in [1.82, 2.24) is 4.98 Å². The molecule has 1 aromatic heterocycles. The lowest BCUT2D eigenvalue weighted by Gasteiger charge is -2.10. The Balaban J connectivity index is 1.57. The molecule has 0 atom stereocenters. The molecule has 2 heterocycles. The Morgan fingerprint density at radius 2 is 1.86 bits per heavy atom. The lowest BCUT2D eigenvalue weighted by molar-refractivity contribution is 0.101. The Kier molecular flexibility index (Phi) is 5.02. The van der Waals surface area contributed by atoms with Crippen LogP contribution in [0.5, 0.6) is 11.5 Å². The van der Waals surface area contributed by atoms with E-state index in [2.05, 4.69) is 10.3 Å². The highest BCUT2D eigenvalue weighted by Crippen LogP contribution is 2.37. The molecule has 8 heteroatoms. The summed E-state index contributed by atoms with van der Waals surface area (Å²) in [6.07, 6.45) is 0.502. The van der Waals surface area contributed by atoms with Crippen LogP contribution < -0.4 is 14.8 Å². The molecule has 3 aromatic rings. The van der Waals surface area contributed by atoms with Crippen molar-refractivity contribution in [3.8, 4) is 11.5 Å². The van der Waals surface area contributed by atoms with Crippen molar-refractivity contribution < 1.29 is 23.5 Å². The van der Waals surface area contributed by atoms with E-state index in [0.717, 1.165) is 10.6 Å². The number of aromatic nitrogens is 1. The van der Waals surface area contributed by atoms with E-state index in [9.17, 15) is 14.0 Å². The van der Waals surface area contributed by atoms with Gasteiger partial charge in [-0.3, -0.25) is 9.59 Å². The largest absolute Gasteiger partial charge is 0.454 e. The zero-order valence-electron chi connectivity index (χ0n) is 15.7. The molecule has 1 aliphatic rings. The third-order valence-electron chi connectivity index (χ3n) is 4.46. The summed E-state index contributed by atoms with van der Waals surface area (Å²) in [5, 5.41) is 3.54. The Morgan fingerprint density at radius 1 is 1.17 bits per heavy atom. The standard InChI is InChI=1S/C21H17FN2O4S/c1-11-20(29-19(23-11)7-13-3-5-14(22)6-4-13)21(26)24-16-9-18-17(27-10-28-18)8-15(16)12(2)25/h3-6,8-9H,7,10H2,1-2H3,(H,24,26). The number of fused-ring (bicyclic) bond motifs is 1. The number of ether oxygens (including phenoxy) is 2. The number of ketones is 1. The van der Waals surface area contributed by atoms with E-state index in [1.165, 1.54) is 30.4 Å². The number of carbonyl (C=O) groups excluding carboxylic acids is 2. The van der Waals surface area contributed by atoms with Gasteiger partial charge in [0.2, 0.25) is 6.79 Å². The number of amides is 1. The average molecular weight is 412 g/mol. The second-order valence-corrected chi connectivity index (χ2v) is 7.67. The van der Waals surface area contributed by atoms with Crippen molar-refractivity contribution in [1.29, 1.82) is 0 Å². The SMILES string of the molecule is CC(=O)c1cc2c(cc1NC(=O)c1sc(Cc3ccc(F)cc3)nc1C)OCO2. The number of thiazole rings is 1. The van der Waals surface area contributed by atoms with Gasteiger partial charge in [-0.1, -0.05) is 12.1 Å². The van der Waals surface area contributed by atoms with Gasteiger partial charge in [-0.25, -0.2) is 9.37 Å². The maximum absolute atomic E-state index is 13.1. The molecule has 6 nitrogen and oxygen atoms in total. The van der Waals surface area contributed by atoms with Gasteiger partial charge in [-0.2, -0.15) is 0 Å². The van der Waals surface area contributed by atoms with Gasteiger partial charge in [-0.05, 0) is 37.6 Å². The normalized spacial score (nSPS) is 12.1. The Labute approximate surface area is 170 Å². The first-order chi connectivity index (χ1) is 13.9. The topological polar surface area (TPSA) is 77.5 Å². The quantitative estimate of drug-likeness (QED) is 0.630. The summed E-state index contributed by atoms with van der Waals surface area (Å²) in [6.45, 7) is 3.25. The Morgan fingerprint density at radius 3 is 2.55 bits per heavy atom. The summed E-state index contributed by atoms with van der Waals surface area (Å²) in [5.74, 6) is 0.101. The zero-order valence-corrected chi connectivity index (χ0v) is 16.6. The minimum absolute atomic E-state index is 0.0742. The van der Waals surface area contributed by atoms with Crippen LogP contribution >= 0.6 is 11.3 Å². The highest BCUT2D eigenvalue weighted by Gasteiger charge is 2.22. The van der Waals surface area contributed by atoms with Crippen LogP contribution in [0.4, 0.5) is 10.1 Å². The average Bonchev–Trinajstić information content (AvgIpc) is 3.28. The van der Waals surface area contributed by atoms with E-state index < -0.39 is 0 Å². The minimum Gasteiger partial charge on any atom is -0.454 e. The summed E-state index contributed by atoms with van der Waals surface area (Å²) >= 11 is 1.27. The fraction of sp³-hybridized carbons (Fsp3) is 0.190. The molecule has 0 radical (unpaired) electrons. The molecule has 29 heavy (non-hydrogen) atoms. The fourth-order valence-electron chi connectivity index (χ4n) is 3.03. The number of nitrogens with one attached hydrogen (secondary N) is 1. The van der Waals surface area contributed by atoms with Crippen LogP contribution in [0.2, 0.25) is 0 Å². The van der Waals surface area contributed by atoms with Crippen LogP contribution in [0.15, 0.2) is 36.4 Å². The van der Waals surface area contributed by atoms with Crippen LogP contribution in [0, 0.1) is 12.7 Å². The maximum Gasteiger partial charge on any atom is 0.267 e. The fourth-order valence-corrected chi connectivity index (χ4v) is 4.03. The van der Waals surface area contributed by atoms with Gasteiger partial charge in [0, 0.05) is 18.1 Å². The number of nitrogens with zero attached hydrogens (tertiary/aromatic N) is 1. The predicted octanol–water partition coefficient (Wildman–Crippen LogP) is 4.37. The molecule has 0 saturated carbocycles. The van der Waals surface area contributed by atoms with Crippen LogP contribution in [0.1, 0.15) is 43.2 Å². The van der Waals surface area contributed by atoms with Crippen molar-refractivity contribution in [3.63, 3.8) is 0 Å². The second-order valence-electron chi connectivity index (χ2n) is 6.59. The molecule has 0 saturated heterocycles. The molecule has 0 aliphatic carbocycles. The zero-order chi connectivity index (χ0) is 20.5. The van der Waals surface area contributed by atoms with Crippen LogP contribution in [0.25, 0.3) is 0 Å². The van der Waals surface area contributed by atoms with Crippen molar-refractivity contribution in [2.75, 3.05) is 12.1 Å². The summed E-state index contributed by atoms with van der Waals surface area (Å²) in [5.41, 5.74) is 2.20. The molecule has 2 aromatic carbocycles. The number of rotatable bonds is 5. The van der Waals surface area contributed by atoms with Gasteiger partial charge >= 0.3 is 0 Å². The first-order valence-corrected chi connectivity index (χ1v) is 9.69. The number of benzene rings is 2. The molecule has 1 N–H and O–H groups in total. The first-order valence-electron chi connectivity index (χ1n) is 8.87. The van der Waals surface area contributed by atoms with Gasteiger partial charge in [0.15, 0.2) is 17.3 Å². The number of aryl methyl sites for hydroxylation is 1. The van der Waals surface area contributed by atoms with Crippen molar-refractivity contribution >= 4 is 28.7 Å². The number of hydrogen-bond donors (Lipinski definition) is 1. The van der Waals surface area contributed by atoms with Gasteiger partial charge in [0.05, 0.1) is 16.4 Å².